The van der Waals surface area contributed by atoms with E-state index >= 15 is 0 Å². The van der Waals surface area contributed by atoms with Gasteiger partial charge in [-0.2, -0.15) is 0 Å². The Morgan fingerprint density at radius 2 is 1.17 bits per heavy atom. The highest BCUT2D eigenvalue weighted by molar-refractivity contribution is 7.32. The maximum atomic E-state index is 10.3. The zero-order valence-corrected chi connectivity index (χ0v) is 13.0. The normalized spacial score (nSPS) is 12.8. The lowest BCUT2D eigenvalue weighted by molar-refractivity contribution is 0.273. The van der Waals surface area contributed by atoms with Gasteiger partial charge in [-0.05, 0) is 6.42 Å². The van der Waals surface area contributed by atoms with E-state index in [0.717, 1.165) is 12.8 Å². The molecule has 110 valence electrons. The Kier molecular flexibility index (Phi) is 15.3. The van der Waals surface area contributed by atoms with Crippen molar-refractivity contribution in [3.8, 4) is 0 Å². The molecule has 0 aromatic rings. The van der Waals surface area contributed by atoms with Crippen LogP contribution in [0, 0.1) is 0 Å². The summed E-state index contributed by atoms with van der Waals surface area (Å²) in [4.78, 5) is 8.45. The Morgan fingerprint density at radius 3 is 1.56 bits per heavy atom. The molecule has 1 atom stereocenters. The number of hydrogen-bond acceptors (Lipinski definition) is 2. The molecule has 0 aliphatic carbocycles. The molecule has 0 aliphatic heterocycles. The maximum absolute atomic E-state index is 10.3. The molecule has 0 radical (unpaired) electrons. The summed E-state index contributed by atoms with van der Waals surface area (Å²) in [6, 6.07) is 0. The Balaban J connectivity index is 2.92. The molecule has 0 bridgehead atoms. The molecular weight excluding hydrogens is 247 g/mol. The highest BCUT2D eigenvalue weighted by Gasteiger charge is 1.94. The molecule has 0 saturated carbocycles. The molecule has 0 spiro atoms. The van der Waals surface area contributed by atoms with Crippen LogP contribution in [-0.4, -0.2) is 11.5 Å². The third-order valence-electron chi connectivity index (χ3n) is 3.22. The minimum atomic E-state index is -2.70. The van der Waals surface area contributed by atoms with Crippen LogP contribution in [0.15, 0.2) is 0 Å². The molecule has 1 N–H and O–H groups in total. The fourth-order valence-electron chi connectivity index (χ4n) is 2.10. The molecule has 1 unspecified atom stereocenters. The summed E-state index contributed by atoms with van der Waals surface area (Å²) in [7, 11) is -2.70. The van der Waals surface area contributed by atoms with Crippen molar-refractivity contribution in [2.75, 3.05) is 6.61 Å². The number of rotatable bonds is 14. The van der Waals surface area contributed by atoms with Gasteiger partial charge >= 0.3 is 8.25 Å². The van der Waals surface area contributed by atoms with Crippen molar-refractivity contribution in [1.82, 2.24) is 0 Å². The minimum Gasteiger partial charge on any atom is -0.326 e. The van der Waals surface area contributed by atoms with Crippen molar-refractivity contribution >= 4 is 8.25 Å². The molecule has 0 aromatic carbocycles. The molecule has 3 nitrogen and oxygen atoms in total. The van der Waals surface area contributed by atoms with E-state index in [4.69, 9.17) is 4.89 Å². The van der Waals surface area contributed by atoms with Gasteiger partial charge in [0.15, 0.2) is 0 Å². The number of unbranched alkanes of at least 4 members (excludes halogenated alkanes) is 11. The lowest BCUT2D eigenvalue weighted by Gasteiger charge is -2.02. The predicted octanol–water partition coefficient (Wildman–Crippen LogP) is 5.09. The van der Waals surface area contributed by atoms with Crippen molar-refractivity contribution in [3.05, 3.63) is 0 Å². The van der Waals surface area contributed by atoms with E-state index < -0.39 is 8.25 Å². The Bertz CT molecular complexity index is 186. The minimum absolute atomic E-state index is 0.436. The average molecular weight is 278 g/mol. The molecule has 0 heterocycles. The molecule has 0 saturated heterocycles. The van der Waals surface area contributed by atoms with E-state index in [2.05, 4.69) is 11.4 Å². The highest BCUT2D eigenvalue weighted by Crippen LogP contribution is 2.16. The second-order valence-corrected chi connectivity index (χ2v) is 5.82. The Hall–Kier alpha value is 0.150. The Labute approximate surface area is 113 Å². The van der Waals surface area contributed by atoms with Crippen LogP contribution in [0.5, 0.6) is 0 Å². The van der Waals surface area contributed by atoms with Gasteiger partial charge in [-0.15, -0.1) is 0 Å². The molecule has 0 amide bonds. The largest absolute Gasteiger partial charge is 0.326 e. The zero-order chi connectivity index (χ0) is 13.5. The van der Waals surface area contributed by atoms with Crippen molar-refractivity contribution in [2.45, 2.75) is 84.0 Å². The van der Waals surface area contributed by atoms with E-state index in [1.807, 2.05) is 0 Å². The summed E-state index contributed by atoms with van der Waals surface area (Å²) >= 11 is 0. The maximum Gasteiger partial charge on any atom is 0.316 e. The van der Waals surface area contributed by atoms with Gasteiger partial charge in [-0.25, -0.2) is 0 Å². The van der Waals surface area contributed by atoms with Gasteiger partial charge in [-0.1, -0.05) is 77.6 Å². The molecule has 0 aliphatic rings. The quantitative estimate of drug-likeness (QED) is 0.356. The third kappa shape index (κ3) is 16.1. The summed E-state index contributed by atoms with van der Waals surface area (Å²) in [5.74, 6) is 0. The highest BCUT2D eigenvalue weighted by atomic mass is 31.1. The predicted molar refractivity (Wildman–Crippen MR) is 78.3 cm³/mol. The standard InChI is InChI=1S/C14H31O3P/c1-2-3-4-5-6-7-8-9-10-11-12-13-14-17-18(15)16/h18H,2-14H2,1H3,(H,15,16). The van der Waals surface area contributed by atoms with Crippen LogP contribution < -0.4 is 0 Å². The molecule has 18 heavy (non-hydrogen) atoms. The van der Waals surface area contributed by atoms with Crippen LogP contribution in [0.4, 0.5) is 0 Å². The van der Waals surface area contributed by atoms with Crippen molar-refractivity contribution in [3.63, 3.8) is 0 Å². The van der Waals surface area contributed by atoms with Crippen molar-refractivity contribution in [2.24, 2.45) is 0 Å². The summed E-state index contributed by atoms with van der Waals surface area (Å²) in [5, 5.41) is 0. The van der Waals surface area contributed by atoms with Crippen LogP contribution >= 0.6 is 8.25 Å². The Morgan fingerprint density at radius 1 is 0.778 bits per heavy atom. The summed E-state index contributed by atoms with van der Waals surface area (Å²) < 4.78 is 14.9. The summed E-state index contributed by atoms with van der Waals surface area (Å²) in [6.45, 7) is 2.69. The first-order valence-electron chi connectivity index (χ1n) is 7.63. The van der Waals surface area contributed by atoms with E-state index in [-0.39, 0.29) is 0 Å². The van der Waals surface area contributed by atoms with Gasteiger partial charge < -0.3 is 9.42 Å². The monoisotopic (exact) mass is 278 g/mol. The molecule has 0 rings (SSSR count). The molecule has 0 fully saturated rings. The summed E-state index contributed by atoms with van der Waals surface area (Å²) in [5.41, 5.74) is 0. The zero-order valence-electron chi connectivity index (χ0n) is 12.0. The number of hydrogen-bond donors (Lipinski definition) is 1. The van der Waals surface area contributed by atoms with Gasteiger partial charge in [0.05, 0.1) is 6.61 Å². The second-order valence-electron chi connectivity index (χ2n) is 5.00. The van der Waals surface area contributed by atoms with Gasteiger partial charge in [0, 0.05) is 0 Å². The van der Waals surface area contributed by atoms with Crippen LogP contribution in [0.2, 0.25) is 0 Å². The first kappa shape index (κ1) is 18.1. The smallest absolute Gasteiger partial charge is 0.316 e. The van der Waals surface area contributed by atoms with Crippen LogP contribution in [0.3, 0.4) is 0 Å². The van der Waals surface area contributed by atoms with E-state index in [1.165, 1.54) is 64.2 Å². The van der Waals surface area contributed by atoms with Gasteiger partial charge in [0.2, 0.25) is 0 Å². The van der Waals surface area contributed by atoms with Gasteiger partial charge in [0.1, 0.15) is 0 Å². The van der Waals surface area contributed by atoms with Crippen molar-refractivity contribution in [1.29, 1.82) is 0 Å². The average Bonchev–Trinajstić information content (AvgIpc) is 2.34. The van der Waals surface area contributed by atoms with Gasteiger partial charge in [0.25, 0.3) is 0 Å². The molecular formula is C14H31O3P. The summed E-state index contributed by atoms with van der Waals surface area (Å²) in [6.07, 6.45) is 15.6. The van der Waals surface area contributed by atoms with Crippen molar-refractivity contribution < 1.29 is 14.0 Å². The van der Waals surface area contributed by atoms with E-state index in [0.29, 0.717) is 6.61 Å². The topological polar surface area (TPSA) is 46.5 Å². The fraction of sp³-hybridized carbons (Fsp3) is 1.00. The van der Waals surface area contributed by atoms with Crippen LogP contribution in [-0.2, 0) is 9.09 Å². The van der Waals surface area contributed by atoms with Crippen LogP contribution in [0.25, 0.3) is 0 Å². The third-order valence-corrected chi connectivity index (χ3v) is 3.67. The molecule has 4 heteroatoms. The van der Waals surface area contributed by atoms with Gasteiger partial charge in [-0.3, -0.25) is 4.57 Å². The second kappa shape index (κ2) is 15.2. The fourth-order valence-corrected chi connectivity index (χ4v) is 2.42. The van der Waals surface area contributed by atoms with E-state index in [9.17, 15) is 4.57 Å². The lowest BCUT2D eigenvalue weighted by Crippen LogP contribution is -1.87. The first-order valence-corrected chi connectivity index (χ1v) is 8.89. The molecule has 0 aromatic heterocycles. The first-order chi connectivity index (χ1) is 8.77. The van der Waals surface area contributed by atoms with Crippen LogP contribution in [0.1, 0.15) is 84.0 Å². The van der Waals surface area contributed by atoms with E-state index in [1.54, 1.807) is 0 Å². The SMILES string of the molecule is CCCCCCCCCCCCCCO[PH](=O)O. The lowest BCUT2D eigenvalue weighted by atomic mass is 10.1.